The first kappa shape index (κ1) is 9.47. The second kappa shape index (κ2) is 3.58. The van der Waals surface area contributed by atoms with Crippen molar-refractivity contribution in [3.05, 3.63) is 0 Å². The zero-order chi connectivity index (χ0) is 9.42. The van der Waals surface area contributed by atoms with Crippen LogP contribution in [0.1, 0.15) is 33.1 Å². The van der Waals surface area contributed by atoms with Gasteiger partial charge in [0.15, 0.2) is 0 Å². The molecule has 2 fully saturated rings. The van der Waals surface area contributed by atoms with E-state index in [-0.39, 0.29) is 0 Å². The molecule has 1 unspecified atom stereocenters. The van der Waals surface area contributed by atoms with Gasteiger partial charge in [0, 0.05) is 25.2 Å². The molecule has 2 N–H and O–H groups in total. The number of nitrogens with zero attached hydrogens (tertiary/aromatic N) is 1. The molecule has 1 heterocycles. The van der Waals surface area contributed by atoms with E-state index in [2.05, 4.69) is 18.7 Å². The number of nitrogens with two attached hydrogens (primary N) is 1. The molecule has 0 bridgehead atoms. The Hall–Kier alpha value is -0.0800. The number of rotatable bonds is 4. The molecule has 76 valence electrons. The average molecular weight is 182 g/mol. The minimum absolute atomic E-state index is 0.551. The maximum atomic E-state index is 5.92. The van der Waals surface area contributed by atoms with Gasteiger partial charge in [0.1, 0.15) is 0 Å². The fourth-order valence-electron chi connectivity index (χ4n) is 2.88. The summed E-state index contributed by atoms with van der Waals surface area (Å²) in [5, 5.41) is 0. The summed E-state index contributed by atoms with van der Waals surface area (Å²) in [6.07, 6.45) is 3.99. The topological polar surface area (TPSA) is 29.3 Å². The summed E-state index contributed by atoms with van der Waals surface area (Å²) < 4.78 is 0. The lowest BCUT2D eigenvalue weighted by Crippen LogP contribution is -2.36. The van der Waals surface area contributed by atoms with Crippen molar-refractivity contribution in [1.29, 1.82) is 0 Å². The minimum atomic E-state index is 0.551. The van der Waals surface area contributed by atoms with Gasteiger partial charge in [-0.25, -0.2) is 0 Å². The summed E-state index contributed by atoms with van der Waals surface area (Å²) >= 11 is 0. The van der Waals surface area contributed by atoms with Gasteiger partial charge in [0.05, 0.1) is 0 Å². The molecule has 0 aromatic carbocycles. The van der Waals surface area contributed by atoms with E-state index in [4.69, 9.17) is 5.73 Å². The van der Waals surface area contributed by atoms with Crippen molar-refractivity contribution in [2.24, 2.45) is 17.6 Å². The standard InChI is InChI=1S/C11H22N2/c1-3-5-8(4-2)13-6-9-10(7-13)11(9)12/h8-11H,3-7,12H2,1-2H3/t8?,9-,10+,11+. The van der Waals surface area contributed by atoms with Gasteiger partial charge < -0.3 is 5.73 Å². The Morgan fingerprint density at radius 3 is 2.38 bits per heavy atom. The van der Waals surface area contributed by atoms with E-state index >= 15 is 0 Å². The fraction of sp³-hybridized carbons (Fsp3) is 1.00. The number of hydrogen-bond acceptors (Lipinski definition) is 2. The summed E-state index contributed by atoms with van der Waals surface area (Å²) in [6.45, 7) is 7.16. The molecule has 13 heavy (non-hydrogen) atoms. The van der Waals surface area contributed by atoms with E-state index in [1.165, 1.54) is 32.4 Å². The van der Waals surface area contributed by atoms with E-state index < -0.39 is 0 Å². The quantitative estimate of drug-likeness (QED) is 0.713. The Morgan fingerprint density at radius 1 is 1.31 bits per heavy atom. The van der Waals surface area contributed by atoms with Crippen LogP contribution in [0.5, 0.6) is 0 Å². The van der Waals surface area contributed by atoms with Gasteiger partial charge >= 0.3 is 0 Å². The van der Waals surface area contributed by atoms with Crippen molar-refractivity contribution < 1.29 is 0 Å². The van der Waals surface area contributed by atoms with Crippen molar-refractivity contribution in [1.82, 2.24) is 4.90 Å². The third kappa shape index (κ3) is 1.62. The van der Waals surface area contributed by atoms with Gasteiger partial charge in [-0.3, -0.25) is 4.90 Å². The molecule has 2 nitrogen and oxygen atoms in total. The van der Waals surface area contributed by atoms with Gasteiger partial charge in [-0.05, 0) is 24.7 Å². The van der Waals surface area contributed by atoms with Crippen LogP contribution in [0.15, 0.2) is 0 Å². The molecular weight excluding hydrogens is 160 g/mol. The van der Waals surface area contributed by atoms with E-state index in [9.17, 15) is 0 Å². The molecule has 2 aliphatic rings. The first-order valence-electron chi connectivity index (χ1n) is 5.77. The lowest BCUT2D eigenvalue weighted by atomic mass is 10.1. The smallest absolute Gasteiger partial charge is 0.0127 e. The predicted octanol–water partition coefficient (Wildman–Crippen LogP) is 1.45. The molecule has 0 aromatic rings. The molecule has 0 spiro atoms. The van der Waals surface area contributed by atoms with Crippen LogP contribution in [0.2, 0.25) is 0 Å². The molecule has 4 atom stereocenters. The maximum absolute atomic E-state index is 5.92. The highest BCUT2D eigenvalue weighted by molar-refractivity contribution is 5.09. The largest absolute Gasteiger partial charge is 0.327 e. The van der Waals surface area contributed by atoms with Crippen LogP contribution in [-0.4, -0.2) is 30.1 Å². The number of fused-ring (bicyclic) bond motifs is 1. The Balaban J connectivity index is 1.82. The Morgan fingerprint density at radius 2 is 1.92 bits per heavy atom. The van der Waals surface area contributed by atoms with Crippen LogP contribution in [0.25, 0.3) is 0 Å². The summed E-state index contributed by atoms with van der Waals surface area (Å²) in [5.41, 5.74) is 5.92. The van der Waals surface area contributed by atoms with Crippen LogP contribution in [0.4, 0.5) is 0 Å². The average Bonchev–Trinajstić information content (AvgIpc) is 2.63. The number of hydrogen-bond donors (Lipinski definition) is 1. The zero-order valence-electron chi connectivity index (χ0n) is 8.87. The van der Waals surface area contributed by atoms with Crippen LogP contribution in [-0.2, 0) is 0 Å². The van der Waals surface area contributed by atoms with Gasteiger partial charge in [-0.2, -0.15) is 0 Å². The summed E-state index contributed by atoms with van der Waals surface area (Å²) in [6, 6.07) is 1.39. The van der Waals surface area contributed by atoms with E-state index in [0.717, 1.165) is 17.9 Å². The second-order valence-electron chi connectivity index (χ2n) is 4.71. The van der Waals surface area contributed by atoms with Crippen molar-refractivity contribution in [2.45, 2.75) is 45.2 Å². The van der Waals surface area contributed by atoms with Crippen molar-refractivity contribution in [3.8, 4) is 0 Å². The summed E-state index contributed by atoms with van der Waals surface area (Å²) in [7, 11) is 0. The predicted molar refractivity (Wildman–Crippen MR) is 55.5 cm³/mol. The third-order valence-electron chi connectivity index (χ3n) is 3.90. The number of likely N-dealkylation sites (tertiary alicyclic amines) is 1. The molecule has 1 aliphatic heterocycles. The molecule has 2 rings (SSSR count). The Bertz CT molecular complexity index is 169. The summed E-state index contributed by atoms with van der Waals surface area (Å²) in [4.78, 5) is 2.67. The second-order valence-corrected chi connectivity index (χ2v) is 4.71. The normalized spacial score (nSPS) is 40.4. The lowest BCUT2D eigenvalue weighted by Gasteiger charge is -2.28. The molecule has 0 amide bonds. The molecule has 1 saturated carbocycles. The van der Waals surface area contributed by atoms with Crippen LogP contribution >= 0.6 is 0 Å². The highest BCUT2D eigenvalue weighted by Crippen LogP contribution is 2.44. The van der Waals surface area contributed by atoms with Crippen molar-refractivity contribution in [3.63, 3.8) is 0 Å². The number of piperidine rings is 1. The lowest BCUT2D eigenvalue weighted by molar-refractivity contribution is 0.198. The van der Waals surface area contributed by atoms with Crippen LogP contribution < -0.4 is 5.73 Å². The molecule has 1 saturated heterocycles. The van der Waals surface area contributed by atoms with Gasteiger partial charge in [0.2, 0.25) is 0 Å². The van der Waals surface area contributed by atoms with Crippen molar-refractivity contribution in [2.75, 3.05) is 13.1 Å². The van der Waals surface area contributed by atoms with Crippen LogP contribution in [0, 0.1) is 11.8 Å². The van der Waals surface area contributed by atoms with Crippen LogP contribution in [0.3, 0.4) is 0 Å². The van der Waals surface area contributed by atoms with Gasteiger partial charge in [-0.15, -0.1) is 0 Å². The maximum Gasteiger partial charge on any atom is 0.0127 e. The van der Waals surface area contributed by atoms with Gasteiger partial charge in [-0.1, -0.05) is 20.3 Å². The molecule has 1 aliphatic carbocycles. The minimum Gasteiger partial charge on any atom is -0.327 e. The van der Waals surface area contributed by atoms with E-state index in [0.29, 0.717) is 6.04 Å². The highest BCUT2D eigenvalue weighted by Gasteiger charge is 2.54. The highest BCUT2D eigenvalue weighted by atomic mass is 15.2. The van der Waals surface area contributed by atoms with Crippen molar-refractivity contribution >= 4 is 0 Å². The monoisotopic (exact) mass is 182 g/mol. The summed E-state index contributed by atoms with van der Waals surface area (Å²) in [5.74, 6) is 1.71. The van der Waals surface area contributed by atoms with Gasteiger partial charge in [0.25, 0.3) is 0 Å². The molecule has 0 aromatic heterocycles. The first-order valence-corrected chi connectivity index (χ1v) is 5.77. The molecule has 2 heteroatoms. The fourth-order valence-corrected chi connectivity index (χ4v) is 2.88. The van der Waals surface area contributed by atoms with E-state index in [1.54, 1.807) is 0 Å². The third-order valence-corrected chi connectivity index (χ3v) is 3.90. The Labute approximate surface area is 81.5 Å². The SMILES string of the molecule is CCCC(CC)N1C[C@@H]2[C@@H](N)[C@@H]2C1. The van der Waals surface area contributed by atoms with E-state index in [1.807, 2.05) is 0 Å². The first-order chi connectivity index (χ1) is 6.27. The zero-order valence-corrected chi connectivity index (χ0v) is 8.87. The molecular formula is C11H22N2. The molecule has 0 radical (unpaired) electrons. The Kier molecular flexibility index (Phi) is 2.61.